The minimum atomic E-state index is -0.332. The SMILES string of the molecule is Cc1cc(-n2c3c(c4c(O)cccc42)C2(CC(C)C2)OCC3(C)C)ccc1F. The van der Waals surface area contributed by atoms with E-state index in [1.54, 1.807) is 13.0 Å². The number of benzene rings is 2. The number of rotatable bonds is 1. The molecule has 0 saturated heterocycles. The van der Waals surface area contributed by atoms with Gasteiger partial charge >= 0.3 is 0 Å². The number of halogens is 1. The maximum absolute atomic E-state index is 14.0. The number of aromatic nitrogens is 1. The summed E-state index contributed by atoms with van der Waals surface area (Å²) in [6.45, 7) is 9.03. The molecule has 5 rings (SSSR count). The maximum Gasteiger partial charge on any atom is 0.126 e. The van der Waals surface area contributed by atoms with Gasteiger partial charge in [0.15, 0.2) is 0 Å². The standard InChI is InChI=1S/C24H26FNO2/c1-14-11-24(12-14)21-20-18(6-5-7-19(20)27)26(22(21)23(3,4)13-28-24)16-8-9-17(25)15(2)10-16/h5-10,14,27H,11-13H2,1-4H3. The van der Waals surface area contributed by atoms with Crippen molar-refractivity contribution in [3.63, 3.8) is 0 Å². The zero-order valence-electron chi connectivity index (χ0n) is 16.8. The van der Waals surface area contributed by atoms with Crippen LogP contribution < -0.4 is 0 Å². The van der Waals surface area contributed by atoms with Crippen LogP contribution in [0.3, 0.4) is 0 Å². The topological polar surface area (TPSA) is 34.4 Å². The van der Waals surface area contributed by atoms with Crippen LogP contribution in [0.4, 0.5) is 4.39 Å². The van der Waals surface area contributed by atoms with Crippen LogP contribution in [0.25, 0.3) is 16.6 Å². The summed E-state index contributed by atoms with van der Waals surface area (Å²) < 4.78 is 22.7. The first kappa shape index (κ1) is 17.7. The van der Waals surface area contributed by atoms with Crippen molar-refractivity contribution in [1.29, 1.82) is 0 Å². The van der Waals surface area contributed by atoms with Gasteiger partial charge in [-0.05, 0) is 61.6 Å². The molecule has 146 valence electrons. The fourth-order valence-corrected chi connectivity index (χ4v) is 5.29. The molecule has 1 saturated carbocycles. The average Bonchev–Trinajstić information content (AvgIpc) is 2.98. The Balaban J connectivity index is 1.92. The predicted molar refractivity (Wildman–Crippen MR) is 109 cm³/mol. The van der Waals surface area contributed by atoms with E-state index in [0.717, 1.165) is 35.0 Å². The van der Waals surface area contributed by atoms with Gasteiger partial charge in [0.25, 0.3) is 0 Å². The number of hydrogen-bond acceptors (Lipinski definition) is 2. The zero-order chi connectivity index (χ0) is 19.8. The van der Waals surface area contributed by atoms with E-state index < -0.39 is 0 Å². The van der Waals surface area contributed by atoms with Crippen LogP contribution >= 0.6 is 0 Å². The maximum atomic E-state index is 14.0. The second-order valence-corrected chi connectivity index (χ2v) is 9.34. The fourth-order valence-electron chi connectivity index (χ4n) is 5.29. The van der Waals surface area contributed by atoms with Crippen LogP contribution in [0.2, 0.25) is 0 Å². The number of phenols is 1. The molecular weight excluding hydrogens is 353 g/mol. The first-order chi connectivity index (χ1) is 13.2. The smallest absolute Gasteiger partial charge is 0.126 e. The normalized spacial score (nSPS) is 25.7. The lowest BCUT2D eigenvalue weighted by Gasteiger charge is -2.52. The second-order valence-electron chi connectivity index (χ2n) is 9.34. The molecule has 0 bridgehead atoms. The summed E-state index contributed by atoms with van der Waals surface area (Å²) >= 11 is 0. The monoisotopic (exact) mass is 379 g/mol. The van der Waals surface area contributed by atoms with E-state index in [9.17, 15) is 9.50 Å². The third kappa shape index (κ3) is 2.24. The molecule has 2 aromatic carbocycles. The molecule has 0 unspecified atom stereocenters. The molecule has 0 radical (unpaired) electrons. The van der Waals surface area contributed by atoms with Crippen LogP contribution in [0.5, 0.6) is 5.75 Å². The van der Waals surface area contributed by atoms with Crippen LogP contribution in [-0.2, 0) is 15.8 Å². The number of aromatic hydroxyl groups is 1. The third-order valence-electron chi connectivity index (χ3n) is 6.53. The molecule has 1 N–H and O–H groups in total. The molecule has 0 amide bonds. The minimum absolute atomic E-state index is 0.205. The van der Waals surface area contributed by atoms with Crippen LogP contribution in [0.15, 0.2) is 36.4 Å². The third-order valence-corrected chi connectivity index (χ3v) is 6.53. The summed E-state index contributed by atoms with van der Waals surface area (Å²) in [6, 6.07) is 10.9. The first-order valence-corrected chi connectivity index (χ1v) is 10.0. The van der Waals surface area contributed by atoms with Gasteiger partial charge in [0.2, 0.25) is 0 Å². The lowest BCUT2D eigenvalue weighted by molar-refractivity contribution is -0.155. The lowest BCUT2D eigenvalue weighted by Crippen LogP contribution is -2.50. The Bertz CT molecular complexity index is 1110. The first-order valence-electron chi connectivity index (χ1n) is 10.0. The molecule has 2 heterocycles. The zero-order valence-corrected chi connectivity index (χ0v) is 16.8. The summed E-state index contributed by atoms with van der Waals surface area (Å²) in [7, 11) is 0. The Morgan fingerprint density at radius 3 is 2.61 bits per heavy atom. The van der Waals surface area contributed by atoms with Gasteiger partial charge in [0.05, 0.1) is 17.7 Å². The van der Waals surface area contributed by atoms with Crippen molar-refractivity contribution in [2.45, 2.75) is 51.6 Å². The highest BCUT2D eigenvalue weighted by Crippen LogP contribution is 2.58. The highest BCUT2D eigenvalue weighted by atomic mass is 19.1. The molecule has 1 aromatic heterocycles. The second kappa shape index (κ2) is 5.60. The molecule has 28 heavy (non-hydrogen) atoms. The van der Waals surface area contributed by atoms with E-state index in [2.05, 4.69) is 25.3 Å². The number of fused-ring (bicyclic) bond motifs is 4. The van der Waals surface area contributed by atoms with Crippen LogP contribution in [0, 0.1) is 18.7 Å². The molecule has 3 nitrogen and oxygen atoms in total. The van der Waals surface area contributed by atoms with Gasteiger partial charge in [0, 0.05) is 27.7 Å². The summed E-state index contributed by atoms with van der Waals surface area (Å²) in [5.74, 6) is 0.682. The molecule has 2 aliphatic rings. The van der Waals surface area contributed by atoms with E-state index in [1.165, 1.54) is 11.8 Å². The number of ether oxygens (including phenoxy) is 1. The largest absolute Gasteiger partial charge is 0.507 e. The molecule has 4 heteroatoms. The van der Waals surface area contributed by atoms with Crippen molar-refractivity contribution in [3.05, 3.63) is 59.0 Å². The summed E-state index contributed by atoms with van der Waals surface area (Å²) in [6.07, 6.45) is 1.93. The number of nitrogens with zero attached hydrogens (tertiary/aromatic N) is 1. The molecule has 1 fully saturated rings. The Morgan fingerprint density at radius 2 is 1.93 bits per heavy atom. The number of aryl methyl sites for hydroxylation is 1. The van der Waals surface area contributed by atoms with Crippen molar-refractivity contribution in [1.82, 2.24) is 4.57 Å². The highest BCUT2D eigenvalue weighted by Gasteiger charge is 2.54. The summed E-state index contributed by atoms with van der Waals surface area (Å²) in [5.41, 5.74) is 4.23. The fraction of sp³-hybridized carbons (Fsp3) is 0.417. The Kier molecular flexibility index (Phi) is 3.55. The van der Waals surface area contributed by atoms with Crippen molar-refractivity contribution in [2.75, 3.05) is 6.61 Å². The van der Waals surface area contributed by atoms with Gasteiger partial charge in [-0.15, -0.1) is 0 Å². The van der Waals surface area contributed by atoms with Crippen molar-refractivity contribution in [2.24, 2.45) is 5.92 Å². The Hall–Kier alpha value is -2.33. The van der Waals surface area contributed by atoms with Gasteiger partial charge in [-0.2, -0.15) is 0 Å². The van der Waals surface area contributed by atoms with Gasteiger partial charge in [-0.1, -0.05) is 26.8 Å². The highest BCUT2D eigenvalue weighted by molar-refractivity contribution is 5.94. The van der Waals surface area contributed by atoms with E-state index in [1.807, 2.05) is 24.3 Å². The average molecular weight is 379 g/mol. The van der Waals surface area contributed by atoms with Gasteiger partial charge in [0.1, 0.15) is 11.6 Å². The van der Waals surface area contributed by atoms with E-state index in [0.29, 0.717) is 18.1 Å². The van der Waals surface area contributed by atoms with Crippen LogP contribution in [-0.4, -0.2) is 16.3 Å². The molecule has 0 atom stereocenters. The van der Waals surface area contributed by atoms with Gasteiger partial charge in [-0.3, -0.25) is 0 Å². The van der Waals surface area contributed by atoms with Crippen molar-refractivity contribution < 1.29 is 14.2 Å². The molecule has 3 aromatic rings. The number of hydrogen-bond donors (Lipinski definition) is 1. The predicted octanol–water partition coefficient (Wildman–Crippen LogP) is 5.72. The molecule has 1 aliphatic heterocycles. The van der Waals surface area contributed by atoms with Crippen molar-refractivity contribution >= 4 is 10.9 Å². The van der Waals surface area contributed by atoms with Crippen molar-refractivity contribution in [3.8, 4) is 11.4 Å². The molecular formula is C24H26FNO2. The van der Waals surface area contributed by atoms with E-state index >= 15 is 0 Å². The minimum Gasteiger partial charge on any atom is -0.507 e. The van der Waals surface area contributed by atoms with Gasteiger partial charge < -0.3 is 14.4 Å². The molecule has 1 aliphatic carbocycles. The van der Waals surface area contributed by atoms with E-state index in [-0.39, 0.29) is 22.6 Å². The van der Waals surface area contributed by atoms with Crippen LogP contribution in [0.1, 0.15) is 50.4 Å². The number of phenolic OH excluding ortho intramolecular Hbond substituents is 1. The Morgan fingerprint density at radius 1 is 1.18 bits per heavy atom. The summed E-state index contributed by atoms with van der Waals surface area (Å²) in [5, 5.41) is 11.7. The summed E-state index contributed by atoms with van der Waals surface area (Å²) in [4.78, 5) is 0. The van der Waals surface area contributed by atoms with Gasteiger partial charge in [-0.25, -0.2) is 4.39 Å². The Labute approximate surface area is 164 Å². The lowest BCUT2D eigenvalue weighted by atomic mass is 9.64. The molecule has 1 spiro atoms. The van der Waals surface area contributed by atoms with E-state index in [4.69, 9.17) is 4.74 Å². The quantitative estimate of drug-likeness (QED) is 0.587.